The number of thioether (sulfide) groups is 1. The predicted octanol–water partition coefficient (Wildman–Crippen LogP) is 2.25. The summed E-state index contributed by atoms with van der Waals surface area (Å²) in [5.74, 6) is 2.47. The first-order chi connectivity index (χ1) is 4.20. The molecule has 1 nitrogen and oxygen atoms in total. The van der Waals surface area contributed by atoms with Gasteiger partial charge in [-0.2, -0.15) is 0 Å². The van der Waals surface area contributed by atoms with Crippen LogP contribution in [0.4, 0.5) is 0 Å². The lowest BCUT2D eigenvalue weighted by atomic mass is 10.5. The summed E-state index contributed by atoms with van der Waals surface area (Å²) >= 11 is 1.31. The van der Waals surface area contributed by atoms with Crippen molar-refractivity contribution in [3.8, 4) is 12.3 Å². The number of terminal acetylenes is 1. The highest BCUT2D eigenvalue weighted by molar-refractivity contribution is 8.17. The summed E-state index contributed by atoms with van der Waals surface area (Å²) in [4.78, 5) is 0.808. The first-order valence-electron chi connectivity index (χ1n) is 2.56. The molecule has 0 heterocycles. The van der Waals surface area contributed by atoms with E-state index in [-0.39, 0.29) is 0 Å². The Hall–Kier alpha value is -0.680. The zero-order valence-electron chi connectivity index (χ0n) is 5.56. The molecule has 1 N–H and O–H groups in total. The van der Waals surface area contributed by atoms with Crippen LogP contribution in [0, 0.1) is 17.8 Å². The third-order valence-electron chi connectivity index (χ3n) is 0.667. The highest BCUT2D eigenvalue weighted by Crippen LogP contribution is 2.14. The van der Waals surface area contributed by atoms with E-state index in [4.69, 9.17) is 11.8 Å². The van der Waals surface area contributed by atoms with Gasteiger partial charge in [0.2, 0.25) is 0 Å². The standard InChI is InChI=1S/C7H9NS/c1-4-7(5-2)9-6(3)8/h1,5,8H,2-3H3/b7-5-,8-6?. The molecule has 9 heavy (non-hydrogen) atoms. The van der Waals surface area contributed by atoms with Gasteiger partial charge in [-0.15, -0.1) is 6.42 Å². The summed E-state index contributed by atoms with van der Waals surface area (Å²) < 4.78 is 0. The number of rotatable bonds is 1. The highest BCUT2D eigenvalue weighted by atomic mass is 32.2. The van der Waals surface area contributed by atoms with Crippen LogP contribution < -0.4 is 0 Å². The van der Waals surface area contributed by atoms with Gasteiger partial charge < -0.3 is 0 Å². The maximum absolute atomic E-state index is 7.06. The smallest absolute Gasteiger partial charge is 0.0664 e. The van der Waals surface area contributed by atoms with Crippen LogP contribution in [0.3, 0.4) is 0 Å². The van der Waals surface area contributed by atoms with E-state index in [1.807, 2.05) is 13.0 Å². The van der Waals surface area contributed by atoms with Crippen molar-refractivity contribution in [1.82, 2.24) is 0 Å². The van der Waals surface area contributed by atoms with Crippen LogP contribution in [-0.4, -0.2) is 5.04 Å². The summed E-state index contributed by atoms with van der Waals surface area (Å²) in [6.07, 6.45) is 6.92. The van der Waals surface area contributed by atoms with E-state index in [1.54, 1.807) is 6.92 Å². The Morgan fingerprint density at radius 1 is 1.78 bits per heavy atom. The molecule has 0 unspecified atom stereocenters. The Morgan fingerprint density at radius 3 is 2.44 bits per heavy atom. The maximum atomic E-state index is 7.06. The van der Waals surface area contributed by atoms with Crippen LogP contribution >= 0.6 is 11.8 Å². The molecule has 0 spiro atoms. The van der Waals surface area contributed by atoms with E-state index in [0.717, 1.165) is 4.91 Å². The van der Waals surface area contributed by atoms with Crippen molar-refractivity contribution in [2.24, 2.45) is 0 Å². The van der Waals surface area contributed by atoms with Gasteiger partial charge in [0.25, 0.3) is 0 Å². The second kappa shape index (κ2) is 4.22. The second-order valence-corrected chi connectivity index (χ2v) is 2.71. The minimum absolute atomic E-state index is 0.529. The molecule has 0 aliphatic rings. The molecule has 0 atom stereocenters. The third kappa shape index (κ3) is 3.87. The molecule has 0 bridgehead atoms. The van der Waals surface area contributed by atoms with Crippen LogP contribution in [0.2, 0.25) is 0 Å². The summed E-state index contributed by atoms with van der Waals surface area (Å²) in [6.45, 7) is 3.58. The molecule has 0 aromatic carbocycles. The molecule has 0 rings (SSSR count). The predicted molar refractivity (Wildman–Crippen MR) is 43.6 cm³/mol. The maximum Gasteiger partial charge on any atom is 0.0664 e. The number of nitrogens with one attached hydrogen (secondary N) is 1. The van der Waals surface area contributed by atoms with Gasteiger partial charge in [-0.1, -0.05) is 23.8 Å². The highest BCUT2D eigenvalue weighted by Gasteiger charge is 1.91. The molecule has 0 fully saturated rings. The fourth-order valence-corrected chi connectivity index (χ4v) is 0.843. The van der Waals surface area contributed by atoms with Crippen LogP contribution in [0.1, 0.15) is 13.8 Å². The van der Waals surface area contributed by atoms with Gasteiger partial charge in [-0.25, -0.2) is 0 Å². The Morgan fingerprint density at radius 2 is 2.33 bits per heavy atom. The van der Waals surface area contributed by atoms with Crippen molar-refractivity contribution in [3.63, 3.8) is 0 Å². The normalized spacial score (nSPS) is 10.6. The van der Waals surface area contributed by atoms with Crippen molar-refractivity contribution < 1.29 is 0 Å². The Bertz CT molecular complexity index is 174. The van der Waals surface area contributed by atoms with Crippen molar-refractivity contribution in [3.05, 3.63) is 11.0 Å². The van der Waals surface area contributed by atoms with Gasteiger partial charge in [-0.3, -0.25) is 5.41 Å². The molecule has 0 aliphatic heterocycles. The van der Waals surface area contributed by atoms with Crippen molar-refractivity contribution in [2.45, 2.75) is 13.8 Å². The zero-order chi connectivity index (χ0) is 7.28. The van der Waals surface area contributed by atoms with E-state index < -0.39 is 0 Å². The topological polar surface area (TPSA) is 23.9 Å². The molecule has 0 aromatic heterocycles. The third-order valence-corrected chi connectivity index (χ3v) is 1.55. The van der Waals surface area contributed by atoms with E-state index in [2.05, 4.69) is 5.92 Å². The summed E-state index contributed by atoms with van der Waals surface area (Å²) in [5, 5.41) is 7.59. The Balaban J connectivity index is 3.91. The lowest BCUT2D eigenvalue weighted by Crippen LogP contribution is -1.78. The monoisotopic (exact) mass is 139 g/mol. The molecule has 0 radical (unpaired) electrons. The number of hydrogen-bond acceptors (Lipinski definition) is 2. The minimum atomic E-state index is 0.529. The van der Waals surface area contributed by atoms with Gasteiger partial charge in [0.05, 0.1) is 9.95 Å². The lowest BCUT2D eigenvalue weighted by Gasteiger charge is -1.92. The second-order valence-electron chi connectivity index (χ2n) is 1.46. The average molecular weight is 139 g/mol. The van der Waals surface area contributed by atoms with Crippen LogP contribution in [-0.2, 0) is 0 Å². The molecule has 0 amide bonds. The van der Waals surface area contributed by atoms with E-state index >= 15 is 0 Å². The quantitative estimate of drug-likeness (QED) is 0.336. The largest absolute Gasteiger partial charge is 0.298 e. The first-order valence-corrected chi connectivity index (χ1v) is 3.38. The summed E-state index contributed by atoms with van der Waals surface area (Å²) in [5.41, 5.74) is 0. The lowest BCUT2D eigenvalue weighted by molar-refractivity contribution is 1.53. The van der Waals surface area contributed by atoms with Gasteiger partial charge in [0.15, 0.2) is 0 Å². The fourth-order valence-electron chi connectivity index (χ4n) is 0.337. The van der Waals surface area contributed by atoms with Crippen molar-refractivity contribution >= 4 is 16.8 Å². The van der Waals surface area contributed by atoms with Gasteiger partial charge >= 0.3 is 0 Å². The van der Waals surface area contributed by atoms with Crippen molar-refractivity contribution in [1.29, 1.82) is 5.41 Å². The SMILES string of the molecule is C#C/C(=C/C)SC(C)=N. The first kappa shape index (κ1) is 8.32. The Labute approximate surface area is 60.0 Å². The van der Waals surface area contributed by atoms with Crippen LogP contribution in [0.15, 0.2) is 11.0 Å². The van der Waals surface area contributed by atoms with Gasteiger partial charge in [0.1, 0.15) is 0 Å². The molecular formula is C7H9NS. The van der Waals surface area contributed by atoms with Crippen molar-refractivity contribution in [2.75, 3.05) is 0 Å². The van der Waals surface area contributed by atoms with Gasteiger partial charge in [0, 0.05) is 0 Å². The molecular weight excluding hydrogens is 130 g/mol. The molecule has 0 saturated heterocycles. The molecule has 0 aromatic rings. The summed E-state index contributed by atoms with van der Waals surface area (Å²) in [6, 6.07) is 0. The van der Waals surface area contributed by atoms with Gasteiger partial charge in [-0.05, 0) is 13.8 Å². The summed E-state index contributed by atoms with van der Waals surface area (Å²) in [7, 11) is 0. The average Bonchev–Trinajstić information content (AvgIpc) is 1.82. The van der Waals surface area contributed by atoms with Crippen LogP contribution in [0.5, 0.6) is 0 Å². The molecule has 2 heteroatoms. The fraction of sp³-hybridized carbons (Fsp3) is 0.286. The van der Waals surface area contributed by atoms with E-state index in [0.29, 0.717) is 5.04 Å². The van der Waals surface area contributed by atoms with E-state index in [1.165, 1.54) is 11.8 Å². The minimum Gasteiger partial charge on any atom is -0.298 e. The van der Waals surface area contributed by atoms with Crippen LogP contribution in [0.25, 0.3) is 0 Å². The molecule has 0 saturated carbocycles. The zero-order valence-corrected chi connectivity index (χ0v) is 6.38. The molecule has 48 valence electrons. The number of allylic oxidation sites excluding steroid dienone is 2. The van der Waals surface area contributed by atoms with E-state index in [9.17, 15) is 0 Å². The molecule has 0 aliphatic carbocycles. The Kier molecular flexibility index (Phi) is 3.90. The number of hydrogen-bond donors (Lipinski definition) is 1.